The van der Waals surface area contributed by atoms with Gasteiger partial charge in [0.2, 0.25) is 11.9 Å². The van der Waals surface area contributed by atoms with Crippen LogP contribution in [0.1, 0.15) is 10.4 Å². The van der Waals surface area contributed by atoms with Crippen LogP contribution in [0.2, 0.25) is 0 Å². The zero-order valence-corrected chi connectivity index (χ0v) is 24.9. The summed E-state index contributed by atoms with van der Waals surface area (Å²) in [5.74, 6) is 1.66. The predicted molar refractivity (Wildman–Crippen MR) is 172 cm³/mol. The van der Waals surface area contributed by atoms with E-state index in [-0.39, 0.29) is 11.8 Å². The Morgan fingerprint density at radius 2 is 1.73 bits per heavy atom. The first-order chi connectivity index (χ1) is 21.3. The zero-order valence-electron chi connectivity index (χ0n) is 24.9. The molecule has 0 fully saturated rings. The molecule has 3 aromatic carbocycles. The van der Waals surface area contributed by atoms with Crippen molar-refractivity contribution >= 4 is 45.7 Å². The Hall–Kier alpha value is -5.68. The summed E-state index contributed by atoms with van der Waals surface area (Å²) < 4.78 is 12.9. The maximum absolute atomic E-state index is 13.2. The molecule has 11 heteroatoms. The van der Waals surface area contributed by atoms with Crippen LogP contribution in [0, 0.1) is 0 Å². The van der Waals surface area contributed by atoms with Gasteiger partial charge in [-0.15, -0.1) is 0 Å². The minimum Gasteiger partial charge on any atom is -0.496 e. The van der Waals surface area contributed by atoms with Crippen molar-refractivity contribution in [2.24, 2.45) is 0 Å². The number of carbonyl (C=O) groups is 2. The fourth-order valence-corrected chi connectivity index (χ4v) is 4.56. The second kappa shape index (κ2) is 13.5. The van der Waals surface area contributed by atoms with Gasteiger partial charge in [-0.2, -0.15) is 4.98 Å². The molecule has 0 atom stereocenters. The van der Waals surface area contributed by atoms with Gasteiger partial charge in [0, 0.05) is 47.3 Å². The van der Waals surface area contributed by atoms with Gasteiger partial charge in [-0.25, -0.2) is 4.98 Å². The number of anilines is 4. The standard InChI is InChI=1S/C33H33N7O4/c1-39(2)18-7-12-31(41)35-23-9-5-8-22(20-23)32(42)37-26-21-24(13-14-29(26)44-4)36-33-34-17-15-30(38-33)40-19-16-25-27(40)10-6-11-28(25)43-3/h5-17,19-21H,18H2,1-4H3,(H,35,41)(H,37,42)(H,34,36,38)/b12-7+. The first-order valence-corrected chi connectivity index (χ1v) is 13.8. The number of carbonyl (C=O) groups excluding carboxylic acids is 2. The van der Waals surface area contributed by atoms with Crippen molar-refractivity contribution in [1.82, 2.24) is 19.4 Å². The molecule has 0 unspecified atom stereocenters. The van der Waals surface area contributed by atoms with Crippen LogP contribution in [0.5, 0.6) is 11.5 Å². The molecule has 44 heavy (non-hydrogen) atoms. The summed E-state index contributed by atoms with van der Waals surface area (Å²) >= 11 is 0. The number of hydrogen-bond donors (Lipinski definition) is 3. The van der Waals surface area contributed by atoms with Crippen LogP contribution in [0.15, 0.2) is 97.3 Å². The molecule has 0 saturated carbocycles. The third-order valence-electron chi connectivity index (χ3n) is 6.64. The smallest absolute Gasteiger partial charge is 0.255 e. The summed E-state index contributed by atoms with van der Waals surface area (Å²) in [6.07, 6.45) is 6.84. The molecule has 2 heterocycles. The van der Waals surface area contributed by atoms with Gasteiger partial charge in [-0.05, 0) is 74.8 Å². The van der Waals surface area contributed by atoms with E-state index in [0.717, 1.165) is 16.7 Å². The monoisotopic (exact) mass is 591 g/mol. The van der Waals surface area contributed by atoms with E-state index in [2.05, 4.69) is 20.9 Å². The summed E-state index contributed by atoms with van der Waals surface area (Å²) in [5.41, 5.74) is 2.91. The van der Waals surface area contributed by atoms with Crippen LogP contribution in [-0.4, -0.2) is 66.1 Å². The number of nitrogens with zero attached hydrogens (tertiary/aromatic N) is 4. The van der Waals surface area contributed by atoms with E-state index in [1.54, 1.807) is 61.8 Å². The van der Waals surface area contributed by atoms with E-state index in [9.17, 15) is 9.59 Å². The van der Waals surface area contributed by atoms with Gasteiger partial charge in [0.05, 0.1) is 25.4 Å². The Labute approximate surface area is 255 Å². The largest absolute Gasteiger partial charge is 0.496 e. The summed E-state index contributed by atoms with van der Waals surface area (Å²) in [6, 6.07) is 21.6. The lowest BCUT2D eigenvalue weighted by atomic mass is 10.1. The number of methoxy groups -OCH3 is 2. The highest BCUT2D eigenvalue weighted by molar-refractivity contribution is 6.07. The third kappa shape index (κ3) is 7.02. The molecule has 0 radical (unpaired) electrons. The highest BCUT2D eigenvalue weighted by Crippen LogP contribution is 2.31. The van der Waals surface area contributed by atoms with Gasteiger partial charge in [-0.1, -0.05) is 18.2 Å². The van der Waals surface area contributed by atoms with Crippen LogP contribution < -0.4 is 25.4 Å². The number of likely N-dealkylation sites (N-methyl/N-ethyl adjacent to an activating group) is 1. The fourth-order valence-electron chi connectivity index (χ4n) is 4.56. The van der Waals surface area contributed by atoms with Crippen molar-refractivity contribution in [2.45, 2.75) is 0 Å². The Balaban J connectivity index is 1.32. The van der Waals surface area contributed by atoms with Gasteiger partial charge >= 0.3 is 0 Å². The molecule has 2 amide bonds. The first-order valence-electron chi connectivity index (χ1n) is 13.8. The molecule has 0 bridgehead atoms. The average Bonchev–Trinajstić information content (AvgIpc) is 3.46. The van der Waals surface area contributed by atoms with Crippen LogP contribution >= 0.6 is 0 Å². The second-order valence-corrected chi connectivity index (χ2v) is 10.0. The van der Waals surface area contributed by atoms with Gasteiger partial charge in [0.15, 0.2) is 0 Å². The van der Waals surface area contributed by atoms with E-state index in [1.807, 2.05) is 60.1 Å². The number of fused-ring (bicyclic) bond motifs is 1. The van der Waals surface area contributed by atoms with E-state index < -0.39 is 0 Å². The lowest BCUT2D eigenvalue weighted by Gasteiger charge is -2.14. The number of amides is 2. The van der Waals surface area contributed by atoms with Crippen molar-refractivity contribution in [1.29, 1.82) is 0 Å². The molecule has 0 spiro atoms. The number of benzene rings is 3. The van der Waals surface area contributed by atoms with Gasteiger partial charge < -0.3 is 34.9 Å². The Morgan fingerprint density at radius 1 is 0.909 bits per heavy atom. The van der Waals surface area contributed by atoms with Crippen molar-refractivity contribution in [2.75, 3.05) is 50.8 Å². The SMILES string of the molecule is COc1ccc(Nc2nccc(-n3ccc4c(OC)cccc43)n2)cc1NC(=O)c1cccc(NC(=O)/C=C/CN(C)C)c1. The molecule has 2 aromatic heterocycles. The van der Waals surface area contributed by atoms with Crippen molar-refractivity contribution in [3.8, 4) is 17.3 Å². The second-order valence-electron chi connectivity index (χ2n) is 10.0. The highest BCUT2D eigenvalue weighted by Gasteiger charge is 2.14. The zero-order chi connectivity index (χ0) is 31.1. The van der Waals surface area contributed by atoms with Crippen LogP contribution in [0.25, 0.3) is 16.7 Å². The van der Waals surface area contributed by atoms with Crippen LogP contribution in [0.3, 0.4) is 0 Å². The van der Waals surface area contributed by atoms with E-state index in [0.29, 0.717) is 46.7 Å². The summed E-state index contributed by atoms with van der Waals surface area (Å²) in [6.45, 7) is 0.642. The summed E-state index contributed by atoms with van der Waals surface area (Å²) in [5, 5.41) is 9.87. The number of ether oxygens (including phenoxy) is 2. The topological polar surface area (TPSA) is 123 Å². The Kier molecular flexibility index (Phi) is 9.16. The third-order valence-corrected chi connectivity index (χ3v) is 6.64. The van der Waals surface area contributed by atoms with E-state index in [1.165, 1.54) is 13.2 Å². The van der Waals surface area contributed by atoms with E-state index in [4.69, 9.17) is 14.5 Å². The van der Waals surface area contributed by atoms with Crippen LogP contribution in [0.4, 0.5) is 23.0 Å². The number of aromatic nitrogens is 3. The predicted octanol–water partition coefficient (Wildman–Crippen LogP) is 5.49. The molecular formula is C33H33N7O4. The molecule has 0 aliphatic rings. The normalized spacial score (nSPS) is 11.1. The summed E-state index contributed by atoms with van der Waals surface area (Å²) in [7, 11) is 7.01. The number of hydrogen-bond acceptors (Lipinski definition) is 8. The number of rotatable bonds is 11. The van der Waals surface area contributed by atoms with Crippen molar-refractivity contribution in [3.05, 3.63) is 103 Å². The number of nitrogens with one attached hydrogen (secondary N) is 3. The highest BCUT2D eigenvalue weighted by atomic mass is 16.5. The first kappa shape index (κ1) is 29.8. The quantitative estimate of drug-likeness (QED) is 0.172. The fraction of sp³-hybridized carbons (Fsp3) is 0.152. The minimum atomic E-state index is -0.368. The summed E-state index contributed by atoms with van der Waals surface area (Å²) in [4.78, 5) is 36.5. The van der Waals surface area contributed by atoms with Gasteiger partial charge in [0.25, 0.3) is 5.91 Å². The van der Waals surface area contributed by atoms with Crippen LogP contribution in [-0.2, 0) is 4.79 Å². The van der Waals surface area contributed by atoms with Gasteiger partial charge in [0.1, 0.15) is 17.3 Å². The lowest BCUT2D eigenvalue weighted by Crippen LogP contribution is -2.15. The Bertz CT molecular complexity index is 1830. The molecule has 11 nitrogen and oxygen atoms in total. The average molecular weight is 592 g/mol. The van der Waals surface area contributed by atoms with E-state index >= 15 is 0 Å². The van der Waals surface area contributed by atoms with Crippen molar-refractivity contribution in [3.63, 3.8) is 0 Å². The Morgan fingerprint density at radius 3 is 2.52 bits per heavy atom. The maximum Gasteiger partial charge on any atom is 0.255 e. The molecular weight excluding hydrogens is 558 g/mol. The molecule has 0 aliphatic carbocycles. The van der Waals surface area contributed by atoms with Gasteiger partial charge in [-0.3, -0.25) is 9.59 Å². The molecule has 224 valence electrons. The maximum atomic E-state index is 13.2. The van der Waals surface area contributed by atoms with Crippen molar-refractivity contribution < 1.29 is 19.1 Å². The minimum absolute atomic E-state index is 0.277. The molecule has 0 aliphatic heterocycles. The lowest BCUT2D eigenvalue weighted by molar-refractivity contribution is -0.111. The molecule has 0 saturated heterocycles. The molecule has 3 N–H and O–H groups in total. The molecule has 5 aromatic rings. The molecule has 5 rings (SSSR count).